The van der Waals surface area contributed by atoms with Crippen molar-refractivity contribution in [2.45, 2.75) is 0 Å². The van der Waals surface area contributed by atoms with Crippen molar-refractivity contribution in [3.05, 3.63) is 29.6 Å². The van der Waals surface area contributed by atoms with Crippen LogP contribution in [0.15, 0.2) is 18.2 Å². The lowest BCUT2D eigenvalue weighted by Crippen LogP contribution is -2.04. The fourth-order valence-corrected chi connectivity index (χ4v) is 0.950. The number of esters is 1. The van der Waals surface area contributed by atoms with Gasteiger partial charge in [0.25, 0.3) is 0 Å². The van der Waals surface area contributed by atoms with Crippen LogP contribution in [0.25, 0.3) is 0 Å². The predicted molar refractivity (Wildman–Crippen MR) is 44.3 cm³/mol. The van der Waals surface area contributed by atoms with Crippen molar-refractivity contribution < 1.29 is 18.7 Å². The Bertz CT molecular complexity index is 323. The number of carbonyl (C=O) groups is 1. The number of hydrogen-bond donors (Lipinski definition) is 0. The van der Waals surface area contributed by atoms with Gasteiger partial charge in [-0.3, -0.25) is 0 Å². The third-order valence-electron chi connectivity index (χ3n) is 1.57. The molecule has 0 aliphatic carbocycles. The van der Waals surface area contributed by atoms with Gasteiger partial charge in [-0.15, -0.1) is 0 Å². The van der Waals surface area contributed by atoms with Crippen molar-refractivity contribution in [1.82, 2.24) is 0 Å². The normalized spacial score (nSPS) is 9.46. The van der Waals surface area contributed by atoms with E-state index in [-0.39, 0.29) is 5.56 Å². The van der Waals surface area contributed by atoms with Gasteiger partial charge in [-0.25, -0.2) is 9.18 Å². The van der Waals surface area contributed by atoms with Crippen LogP contribution in [0, 0.1) is 5.82 Å². The van der Waals surface area contributed by atoms with Gasteiger partial charge in [-0.1, -0.05) is 0 Å². The fraction of sp³-hybridized carbons (Fsp3) is 0.222. The van der Waals surface area contributed by atoms with E-state index in [1.807, 2.05) is 0 Å². The molecule has 3 nitrogen and oxygen atoms in total. The van der Waals surface area contributed by atoms with E-state index < -0.39 is 11.8 Å². The zero-order valence-corrected chi connectivity index (χ0v) is 7.33. The molecule has 70 valence electrons. The summed E-state index contributed by atoms with van der Waals surface area (Å²) in [7, 11) is 2.63. The second-order valence-electron chi connectivity index (χ2n) is 2.34. The third-order valence-corrected chi connectivity index (χ3v) is 1.57. The van der Waals surface area contributed by atoms with Gasteiger partial charge < -0.3 is 9.47 Å². The van der Waals surface area contributed by atoms with Crippen molar-refractivity contribution in [3.8, 4) is 5.75 Å². The first-order valence-corrected chi connectivity index (χ1v) is 3.61. The highest BCUT2D eigenvalue weighted by atomic mass is 18.2. The van der Waals surface area contributed by atoms with E-state index in [9.17, 15) is 9.18 Å². The molecule has 0 aromatic heterocycles. The monoisotopic (exact) mass is 183 g/mol. The van der Waals surface area contributed by atoms with Crippen LogP contribution < -0.4 is 4.74 Å². The number of hydrogen-bond acceptors (Lipinski definition) is 3. The Labute approximate surface area is 75.1 Å². The Morgan fingerprint density at radius 2 is 2.08 bits per heavy atom. The summed E-state index contributed by atoms with van der Waals surface area (Å²) >= 11 is 0. The van der Waals surface area contributed by atoms with Crippen molar-refractivity contribution in [1.29, 1.82) is 0 Å². The molecule has 0 N–H and O–H groups in total. The summed E-state index contributed by atoms with van der Waals surface area (Å²) in [6.07, 6.45) is 0. The molecule has 0 bridgehead atoms. The zero-order chi connectivity index (χ0) is 9.84. The van der Waals surface area contributed by atoms with Crippen molar-refractivity contribution >= 4 is 5.97 Å². The Kier molecular flexibility index (Phi) is 2.84. The Morgan fingerprint density at radius 3 is 2.62 bits per heavy atom. The molecule has 0 radical (unpaired) electrons. The first-order chi connectivity index (χ1) is 6.19. The van der Waals surface area contributed by atoms with E-state index in [0.717, 1.165) is 6.07 Å². The van der Waals surface area contributed by atoms with Crippen LogP contribution in [0.1, 0.15) is 10.4 Å². The Morgan fingerprint density at radius 1 is 1.38 bits per heavy atom. The largest absolute Gasteiger partial charge is 0.496 e. The minimum Gasteiger partial charge on any atom is -0.496 e. The number of rotatable bonds is 2. The summed E-state index contributed by atoms with van der Waals surface area (Å²) in [5.41, 5.74) is 0.0880. The van der Waals surface area contributed by atoms with Crippen LogP contribution in [0.4, 0.5) is 4.39 Å². The second-order valence-corrected chi connectivity index (χ2v) is 2.34. The van der Waals surface area contributed by atoms with Crippen LogP contribution >= 0.6 is 0 Å². The van der Waals surface area contributed by atoms with Crippen LogP contribution in [0.2, 0.25) is 0 Å². The number of methoxy groups -OCH3 is 2. The standard InChI is InChI=1S/C9H9FO3/c1-12-8-4-3-6(10)5-7(8)9(11)13-2/h3-5H,1-2H3/i10-1. The quantitative estimate of drug-likeness (QED) is 0.653. The summed E-state index contributed by atoms with van der Waals surface area (Å²) in [5.74, 6) is -0.814. The Hall–Kier alpha value is -1.58. The molecular formula is C9H9FO3. The minimum atomic E-state index is -0.614. The van der Waals surface area contributed by atoms with E-state index in [4.69, 9.17) is 4.74 Å². The fourth-order valence-electron chi connectivity index (χ4n) is 0.950. The maximum Gasteiger partial charge on any atom is 0.341 e. The molecule has 1 rings (SSSR count). The van der Waals surface area contributed by atoms with Gasteiger partial charge in [0.1, 0.15) is 17.1 Å². The molecule has 0 spiro atoms. The first-order valence-electron chi connectivity index (χ1n) is 3.61. The van der Waals surface area contributed by atoms with Crippen molar-refractivity contribution in [2.75, 3.05) is 14.2 Å². The van der Waals surface area contributed by atoms with Gasteiger partial charge >= 0.3 is 5.97 Å². The van der Waals surface area contributed by atoms with Crippen molar-refractivity contribution in [2.24, 2.45) is 0 Å². The molecule has 0 atom stereocenters. The lowest BCUT2D eigenvalue weighted by Gasteiger charge is -2.05. The molecule has 0 saturated carbocycles. The molecular weight excluding hydrogens is 174 g/mol. The number of halogens is 1. The molecule has 0 aliphatic rings. The first kappa shape index (κ1) is 9.51. The summed E-state index contributed by atoms with van der Waals surface area (Å²) < 4.78 is 22.0. The second kappa shape index (κ2) is 3.89. The molecule has 0 saturated heterocycles. The van der Waals surface area contributed by atoms with Crippen LogP contribution in [0.3, 0.4) is 0 Å². The molecule has 4 heteroatoms. The zero-order valence-electron chi connectivity index (χ0n) is 7.33. The number of benzene rings is 1. The highest BCUT2D eigenvalue weighted by Gasteiger charge is 2.12. The Balaban J connectivity index is 3.15. The third kappa shape index (κ3) is 1.96. The SMILES string of the molecule is COC(=O)c1cc([18F])ccc1OC. The van der Waals surface area contributed by atoms with Gasteiger partial charge in [0.15, 0.2) is 0 Å². The number of carbonyl (C=O) groups excluding carboxylic acids is 1. The molecule has 1 aromatic carbocycles. The molecule has 0 amide bonds. The smallest absolute Gasteiger partial charge is 0.341 e. The van der Waals surface area contributed by atoms with Crippen molar-refractivity contribution in [3.63, 3.8) is 0 Å². The maximum atomic E-state index is 12.7. The van der Waals surface area contributed by atoms with E-state index in [0.29, 0.717) is 5.75 Å². The lowest BCUT2D eigenvalue weighted by molar-refractivity contribution is 0.0596. The topological polar surface area (TPSA) is 35.5 Å². The summed E-state index contributed by atoms with van der Waals surface area (Å²) in [6.45, 7) is 0. The van der Waals surface area contributed by atoms with Gasteiger partial charge in [0.05, 0.1) is 14.2 Å². The van der Waals surface area contributed by atoms with E-state index in [1.54, 1.807) is 0 Å². The van der Waals surface area contributed by atoms with E-state index >= 15 is 0 Å². The minimum absolute atomic E-state index is 0.0880. The highest BCUT2D eigenvalue weighted by molar-refractivity contribution is 5.92. The summed E-state index contributed by atoms with van der Waals surface area (Å²) in [4.78, 5) is 11.1. The highest BCUT2D eigenvalue weighted by Crippen LogP contribution is 2.19. The van der Waals surface area contributed by atoms with Gasteiger partial charge in [0.2, 0.25) is 0 Å². The van der Waals surface area contributed by atoms with Gasteiger partial charge in [-0.2, -0.15) is 0 Å². The predicted octanol–water partition coefficient (Wildman–Crippen LogP) is 1.62. The van der Waals surface area contributed by atoms with Crippen LogP contribution in [-0.4, -0.2) is 20.2 Å². The molecule has 1 aromatic rings. The number of ether oxygens (including phenoxy) is 2. The molecule has 0 aliphatic heterocycles. The molecule has 0 fully saturated rings. The average molecular weight is 183 g/mol. The lowest BCUT2D eigenvalue weighted by atomic mass is 10.2. The van der Waals surface area contributed by atoms with E-state index in [2.05, 4.69) is 4.74 Å². The maximum absolute atomic E-state index is 12.7. The molecule has 0 heterocycles. The van der Waals surface area contributed by atoms with Crippen LogP contribution in [0.5, 0.6) is 5.75 Å². The van der Waals surface area contributed by atoms with Gasteiger partial charge in [0, 0.05) is 0 Å². The summed E-state index contributed by atoms with van der Waals surface area (Å²) in [5, 5.41) is 0. The summed E-state index contributed by atoms with van der Waals surface area (Å²) in [6, 6.07) is 3.66. The van der Waals surface area contributed by atoms with Crippen LogP contribution in [-0.2, 0) is 4.74 Å². The molecule has 0 unspecified atom stereocenters. The average Bonchev–Trinajstić information content (AvgIpc) is 2.16. The van der Waals surface area contributed by atoms with E-state index in [1.165, 1.54) is 26.4 Å². The van der Waals surface area contributed by atoms with Gasteiger partial charge in [-0.05, 0) is 18.2 Å². The molecule has 13 heavy (non-hydrogen) atoms.